The first kappa shape index (κ1) is 40.5. The summed E-state index contributed by atoms with van der Waals surface area (Å²) in [5.41, 5.74) is 0. The average molecular weight is 631 g/mol. The maximum Gasteiger partial charge on any atom is 0.111 e. The van der Waals surface area contributed by atoms with Crippen LogP contribution in [0.5, 0.6) is 0 Å². The number of ether oxygens (including phenoxy) is 3. The molecular formula is C42H78O3. The fourth-order valence-corrected chi connectivity index (χ4v) is 6.56. The van der Waals surface area contributed by atoms with Crippen LogP contribution in [0.2, 0.25) is 0 Å². The van der Waals surface area contributed by atoms with Gasteiger partial charge in [-0.1, -0.05) is 205 Å². The molecule has 0 aromatic carbocycles. The third-order valence-corrected chi connectivity index (χ3v) is 9.87. The topological polar surface area (TPSA) is 34.3 Å². The van der Waals surface area contributed by atoms with Crippen LogP contribution >= 0.6 is 0 Å². The van der Waals surface area contributed by atoms with Crippen LogP contribution in [0.3, 0.4) is 0 Å². The maximum absolute atomic E-state index is 6.52. The van der Waals surface area contributed by atoms with Gasteiger partial charge in [-0.25, -0.2) is 0 Å². The van der Waals surface area contributed by atoms with Gasteiger partial charge in [-0.2, -0.15) is 0 Å². The molecule has 45 heavy (non-hydrogen) atoms. The summed E-state index contributed by atoms with van der Waals surface area (Å²) in [6, 6.07) is 0. The lowest BCUT2D eigenvalue weighted by atomic mass is 10.0. The zero-order chi connectivity index (χ0) is 31.9. The highest BCUT2D eigenvalue weighted by molar-refractivity contribution is 5.03. The van der Waals surface area contributed by atoms with Crippen LogP contribution in [0, 0.1) is 0 Å². The van der Waals surface area contributed by atoms with Crippen molar-refractivity contribution in [3.63, 3.8) is 0 Å². The highest BCUT2D eigenvalue weighted by atomic mass is 16.6. The summed E-state index contributed by atoms with van der Waals surface area (Å²) in [5.74, 6) is 0. The van der Waals surface area contributed by atoms with Gasteiger partial charge in [0.1, 0.15) is 24.4 Å². The molecule has 2 aliphatic heterocycles. The van der Waals surface area contributed by atoms with Crippen LogP contribution in [0.25, 0.3) is 0 Å². The molecule has 0 amide bonds. The smallest absolute Gasteiger partial charge is 0.111 e. The summed E-state index contributed by atoms with van der Waals surface area (Å²) < 4.78 is 17.8. The fourth-order valence-electron chi connectivity index (χ4n) is 6.56. The Kier molecular flexibility index (Phi) is 27.6. The number of hydrogen-bond donors (Lipinski definition) is 0. The van der Waals surface area contributed by atoms with Crippen molar-refractivity contribution in [1.29, 1.82) is 0 Å². The predicted octanol–water partition coefficient (Wildman–Crippen LogP) is 13.4. The lowest BCUT2D eigenvalue weighted by Gasteiger charge is -2.18. The van der Waals surface area contributed by atoms with Crippen molar-refractivity contribution in [3.05, 3.63) is 24.3 Å². The summed E-state index contributed by atoms with van der Waals surface area (Å²) >= 11 is 0. The van der Waals surface area contributed by atoms with E-state index in [0.29, 0.717) is 0 Å². The summed E-state index contributed by atoms with van der Waals surface area (Å²) in [5, 5.41) is 0. The maximum atomic E-state index is 6.52. The van der Waals surface area contributed by atoms with E-state index >= 15 is 0 Å². The molecule has 4 atom stereocenters. The van der Waals surface area contributed by atoms with Crippen LogP contribution in [0.1, 0.15) is 206 Å². The van der Waals surface area contributed by atoms with E-state index < -0.39 is 0 Å². The minimum Gasteiger partial charge on any atom is -0.370 e. The van der Waals surface area contributed by atoms with Crippen LogP contribution in [-0.2, 0) is 14.2 Å². The number of rotatable bonds is 36. The molecule has 0 spiro atoms. The van der Waals surface area contributed by atoms with Gasteiger partial charge in [0, 0.05) is 0 Å². The van der Waals surface area contributed by atoms with Gasteiger partial charge in [0.25, 0.3) is 0 Å². The van der Waals surface area contributed by atoms with E-state index in [9.17, 15) is 0 Å². The van der Waals surface area contributed by atoms with Gasteiger partial charge in [0.15, 0.2) is 0 Å². The first-order chi connectivity index (χ1) is 22.3. The van der Waals surface area contributed by atoms with Crippen molar-refractivity contribution >= 4 is 0 Å². The molecule has 2 rings (SSSR count). The molecule has 2 heterocycles. The predicted molar refractivity (Wildman–Crippen MR) is 196 cm³/mol. The van der Waals surface area contributed by atoms with Crippen LogP contribution < -0.4 is 0 Å². The molecule has 0 bridgehead atoms. The van der Waals surface area contributed by atoms with E-state index in [0.717, 1.165) is 26.1 Å². The van der Waals surface area contributed by atoms with Gasteiger partial charge in [-0.3, -0.25) is 0 Å². The largest absolute Gasteiger partial charge is 0.370 e. The lowest BCUT2D eigenvalue weighted by molar-refractivity contribution is 0.0113. The highest BCUT2D eigenvalue weighted by Crippen LogP contribution is 2.26. The highest BCUT2D eigenvalue weighted by Gasteiger charge is 2.38. The SMILES string of the molecule is CCCCCCCCCCCCCCCCC=CC(OC(C=CCCCCCCCCCCCCCCCC)C1CO1)C1CO1. The molecule has 0 aliphatic carbocycles. The van der Waals surface area contributed by atoms with Gasteiger partial charge in [-0.15, -0.1) is 0 Å². The molecule has 4 unspecified atom stereocenters. The third-order valence-electron chi connectivity index (χ3n) is 9.87. The van der Waals surface area contributed by atoms with Crippen molar-refractivity contribution in [2.75, 3.05) is 13.2 Å². The molecule has 0 radical (unpaired) electrons. The summed E-state index contributed by atoms with van der Waals surface area (Å²) in [6.45, 7) is 6.25. The van der Waals surface area contributed by atoms with Crippen molar-refractivity contribution in [2.24, 2.45) is 0 Å². The first-order valence-corrected chi connectivity index (χ1v) is 20.6. The summed E-state index contributed by atoms with van der Waals surface area (Å²) in [6.07, 6.45) is 51.8. The molecule has 2 fully saturated rings. The van der Waals surface area contributed by atoms with Gasteiger partial charge in [-0.05, 0) is 25.7 Å². The second-order valence-electron chi connectivity index (χ2n) is 14.4. The Hall–Kier alpha value is -0.640. The molecule has 0 aromatic rings. The van der Waals surface area contributed by atoms with Crippen molar-refractivity contribution in [1.82, 2.24) is 0 Å². The van der Waals surface area contributed by atoms with E-state index in [1.54, 1.807) is 0 Å². The normalized spacial score (nSPS) is 19.2. The number of unbranched alkanes of at least 4 members (excludes halogenated alkanes) is 28. The molecule has 0 aromatic heterocycles. The number of allylic oxidation sites excluding steroid dienone is 2. The van der Waals surface area contributed by atoms with Crippen molar-refractivity contribution in [2.45, 2.75) is 231 Å². The molecule has 0 saturated carbocycles. The zero-order valence-electron chi connectivity index (χ0n) is 30.5. The molecular weight excluding hydrogens is 552 g/mol. The minimum absolute atomic E-state index is 0.0663. The van der Waals surface area contributed by atoms with E-state index in [-0.39, 0.29) is 24.4 Å². The number of hydrogen-bond acceptors (Lipinski definition) is 3. The Balaban J connectivity index is 1.42. The minimum atomic E-state index is 0.0663. The fraction of sp³-hybridized carbons (Fsp3) is 0.905. The Morgan fingerprint density at radius 1 is 0.422 bits per heavy atom. The molecule has 3 nitrogen and oxygen atoms in total. The second kappa shape index (κ2) is 30.7. The van der Waals surface area contributed by atoms with Gasteiger partial charge in [0.05, 0.1) is 13.2 Å². The second-order valence-corrected chi connectivity index (χ2v) is 14.4. The van der Waals surface area contributed by atoms with Crippen molar-refractivity contribution < 1.29 is 14.2 Å². The average Bonchev–Trinajstić information content (AvgIpc) is 3.97. The van der Waals surface area contributed by atoms with Gasteiger partial charge >= 0.3 is 0 Å². The van der Waals surface area contributed by atoms with E-state index in [2.05, 4.69) is 38.2 Å². The summed E-state index contributed by atoms with van der Waals surface area (Å²) in [7, 11) is 0. The molecule has 3 heteroatoms. The Morgan fingerprint density at radius 3 is 0.911 bits per heavy atom. The Morgan fingerprint density at radius 2 is 0.667 bits per heavy atom. The van der Waals surface area contributed by atoms with Crippen LogP contribution in [0.4, 0.5) is 0 Å². The van der Waals surface area contributed by atoms with Gasteiger partial charge < -0.3 is 14.2 Å². The Bertz CT molecular complexity index is 609. The monoisotopic (exact) mass is 631 g/mol. The van der Waals surface area contributed by atoms with Crippen molar-refractivity contribution in [3.8, 4) is 0 Å². The zero-order valence-corrected chi connectivity index (χ0v) is 30.5. The molecule has 264 valence electrons. The quantitative estimate of drug-likeness (QED) is 0.0392. The molecule has 2 aliphatic rings. The number of epoxide rings is 2. The third kappa shape index (κ3) is 26.1. The molecule has 2 saturated heterocycles. The Labute approximate surface area is 282 Å². The molecule has 0 N–H and O–H groups in total. The van der Waals surface area contributed by atoms with Gasteiger partial charge in [0.2, 0.25) is 0 Å². The standard InChI is InChI=1S/C42H78O3/c1-3-5-7-9-11-13-15-17-19-21-23-25-27-29-31-33-35-39(41-37-43-41)45-40(42-38-44-42)36-34-32-30-28-26-24-22-20-18-16-14-12-10-8-6-4-2/h33-36,39-42H,3-32,37-38H2,1-2H3. The van der Waals surface area contributed by atoms with Crippen LogP contribution in [-0.4, -0.2) is 37.6 Å². The van der Waals surface area contributed by atoms with E-state index in [1.807, 2.05) is 0 Å². The van der Waals surface area contributed by atoms with Crippen LogP contribution in [0.15, 0.2) is 24.3 Å². The first-order valence-electron chi connectivity index (χ1n) is 20.6. The van der Waals surface area contributed by atoms with E-state index in [1.165, 1.54) is 180 Å². The van der Waals surface area contributed by atoms with E-state index in [4.69, 9.17) is 14.2 Å². The summed E-state index contributed by atoms with van der Waals surface area (Å²) in [4.78, 5) is 0. The lowest BCUT2D eigenvalue weighted by Crippen LogP contribution is -2.27.